The van der Waals surface area contributed by atoms with Crippen molar-refractivity contribution in [2.45, 2.75) is 49.9 Å². The molecule has 4 heterocycles. The Balaban J connectivity index is 1.12. The molecule has 0 unspecified atom stereocenters. The Labute approximate surface area is 247 Å². The number of ether oxygens (including phenoxy) is 2. The highest BCUT2D eigenvalue weighted by atomic mass is 35.5. The molecule has 14 nitrogen and oxygen atoms in total. The van der Waals surface area contributed by atoms with Gasteiger partial charge in [-0.05, 0) is 31.0 Å². The van der Waals surface area contributed by atoms with Gasteiger partial charge >= 0.3 is 0 Å². The van der Waals surface area contributed by atoms with Crippen molar-refractivity contribution in [3.8, 4) is 5.75 Å². The number of rotatable bonds is 9. The number of likely N-dealkylation sites (N-methyl/N-ethyl adjacent to an activating group) is 1. The van der Waals surface area contributed by atoms with Crippen LogP contribution in [0.1, 0.15) is 24.6 Å². The molecule has 0 radical (unpaired) electrons. The summed E-state index contributed by atoms with van der Waals surface area (Å²) in [6.07, 6.45) is 2.20. The van der Waals surface area contributed by atoms with E-state index in [0.717, 1.165) is 18.7 Å². The van der Waals surface area contributed by atoms with Gasteiger partial charge in [-0.2, -0.15) is 0 Å². The number of aliphatic hydroxyl groups is 1. The minimum atomic E-state index is -1.16. The van der Waals surface area contributed by atoms with E-state index < -0.39 is 30.4 Å². The van der Waals surface area contributed by atoms with Gasteiger partial charge in [0, 0.05) is 56.4 Å². The highest BCUT2D eigenvalue weighted by Crippen LogP contribution is 2.32. The smallest absolute Gasteiger partial charge is 0.260 e. The van der Waals surface area contributed by atoms with E-state index in [2.05, 4.69) is 30.5 Å². The van der Waals surface area contributed by atoms with Gasteiger partial charge in [0.15, 0.2) is 35.9 Å². The fraction of sp³-hybridized carbons (Fsp3) is 0.519. The molecule has 2 aliphatic heterocycles. The Hall–Kier alpha value is -3.56. The average molecular weight is 600 g/mol. The van der Waals surface area contributed by atoms with Crippen LogP contribution in [-0.2, 0) is 20.9 Å². The van der Waals surface area contributed by atoms with Crippen molar-refractivity contribution in [1.29, 1.82) is 0 Å². The fourth-order valence-electron chi connectivity index (χ4n) is 5.48. The fourth-order valence-corrected chi connectivity index (χ4v) is 5.67. The summed E-state index contributed by atoms with van der Waals surface area (Å²) >= 11 is 6.29. The molecule has 3 aliphatic rings. The van der Waals surface area contributed by atoms with Crippen LogP contribution < -0.4 is 21.1 Å². The zero-order chi connectivity index (χ0) is 29.4. The van der Waals surface area contributed by atoms with Gasteiger partial charge in [0.05, 0.1) is 12.4 Å². The molecule has 0 bridgehead atoms. The minimum absolute atomic E-state index is 0.0444. The number of anilines is 1. The van der Waals surface area contributed by atoms with Gasteiger partial charge in [-0.25, -0.2) is 15.0 Å². The van der Waals surface area contributed by atoms with Gasteiger partial charge in [-0.15, -0.1) is 0 Å². The van der Waals surface area contributed by atoms with E-state index in [4.69, 9.17) is 26.8 Å². The summed E-state index contributed by atoms with van der Waals surface area (Å²) in [6, 6.07) is 5.01. The summed E-state index contributed by atoms with van der Waals surface area (Å²) in [7, 11) is 1.47. The molecule has 3 aromatic rings. The number of benzene rings is 1. The molecule has 2 saturated heterocycles. The summed E-state index contributed by atoms with van der Waals surface area (Å²) in [5, 5.41) is 17.0. The summed E-state index contributed by atoms with van der Waals surface area (Å²) in [6.45, 7) is 3.45. The highest BCUT2D eigenvalue weighted by Gasteiger charge is 2.46. The van der Waals surface area contributed by atoms with Crippen LogP contribution in [0.15, 0.2) is 30.9 Å². The van der Waals surface area contributed by atoms with Crippen molar-refractivity contribution in [2.75, 3.05) is 45.2 Å². The Bertz CT molecular complexity index is 1460. The van der Waals surface area contributed by atoms with E-state index >= 15 is 0 Å². The van der Waals surface area contributed by atoms with Crippen LogP contribution >= 0.6 is 11.6 Å². The summed E-state index contributed by atoms with van der Waals surface area (Å²) in [5.41, 5.74) is 7.59. The molecule has 2 amide bonds. The number of amides is 2. The molecule has 6 rings (SSSR count). The summed E-state index contributed by atoms with van der Waals surface area (Å²) in [5.74, 6) is 0.484. The molecule has 4 atom stereocenters. The second-order valence-corrected chi connectivity index (χ2v) is 11.2. The number of carbonyl (C=O) groups is 2. The second kappa shape index (κ2) is 12.0. The van der Waals surface area contributed by atoms with Gasteiger partial charge in [-0.1, -0.05) is 11.6 Å². The number of fused-ring (bicyclic) bond motifs is 1. The number of nitrogens with one attached hydrogen (secondary N) is 2. The Morgan fingerprint density at radius 2 is 1.98 bits per heavy atom. The first kappa shape index (κ1) is 28.6. The van der Waals surface area contributed by atoms with Crippen molar-refractivity contribution in [1.82, 2.24) is 34.6 Å². The third-order valence-corrected chi connectivity index (χ3v) is 8.25. The van der Waals surface area contributed by atoms with E-state index in [1.807, 2.05) is 4.90 Å². The van der Waals surface area contributed by atoms with E-state index in [9.17, 15) is 14.7 Å². The monoisotopic (exact) mass is 599 g/mol. The molecular weight excluding hydrogens is 566 g/mol. The lowest BCUT2D eigenvalue weighted by molar-refractivity contribution is -0.135. The lowest BCUT2D eigenvalue weighted by Crippen LogP contribution is -2.50. The van der Waals surface area contributed by atoms with Crippen LogP contribution in [0, 0.1) is 0 Å². The number of halogens is 1. The predicted octanol–water partition coefficient (Wildman–Crippen LogP) is 0.109. The number of imidazole rings is 1. The summed E-state index contributed by atoms with van der Waals surface area (Å²) < 4.78 is 13.3. The Morgan fingerprint density at radius 3 is 2.71 bits per heavy atom. The number of piperazine rings is 1. The molecule has 0 spiro atoms. The molecule has 1 saturated carbocycles. The number of nitrogens with two attached hydrogens (primary N) is 1. The standard InChI is InChI=1S/C27H34ClN9O5/c1-30-26(40)23-20(29)22(39)27(42-23)37-14-34-21-24(32-13-33-25(21)37)31-11-15-10-16(28)2-5-18(15)41-12-19(38)36-8-6-35(7-9-36)17-3-4-17/h2,5,10,13-14,17,20,22-23,27,39H,3-4,6-9,11-12,29H2,1H3,(H,30,40)(H,31,32,33)/t20-,22+,23-,27+/m0/s1. The lowest BCUT2D eigenvalue weighted by atomic mass is 10.1. The van der Waals surface area contributed by atoms with Crippen LogP contribution in [0.4, 0.5) is 5.82 Å². The van der Waals surface area contributed by atoms with Gasteiger partial charge in [0.1, 0.15) is 18.2 Å². The van der Waals surface area contributed by atoms with Crippen molar-refractivity contribution in [3.05, 3.63) is 41.4 Å². The maximum atomic E-state index is 12.9. The van der Waals surface area contributed by atoms with Crippen LogP contribution in [0.5, 0.6) is 5.75 Å². The van der Waals surface area contributed by atoms with Crippen molar-refractivity contribution in [2.24, 2.45) is 5.73 Å². The zero-order valence-corrected chi connectivity index (χ0v) is 23.9. The molecule has 15 heteroatoms. The first-order valence-corrected chi connectivity index (χ1v) is 14.4. The Kier molecular flexibility index (Phi) is 8.14. The molecule has 2 aromatic heterocycles. The first-order chi connectivity index (χ1) is 20.3. The number of hydrogen-bond acceptors (Lipinski definition) is 11. The SMILES string of the molecule is CNC(=O)[C@H]1O[C@@H](n2cnc3c(NCc4cc(Cl)ccc4OCC(=O)N4CCN(C5CC5)CC4)ncnc32)[C@H](O)[C@@H]1N. The first-order valence-electron chi connectivity index (χ1n) is 14.0. The van der Waals surface area contributed by atoms with Gasteiger partial charge < -0.3 is 35.8 Å². The molecular formula is C27H34ClN9O5. The lowest BCUT2D eigenvalue weighted by Gasteiger charge is -2.34. The number of carbonyl (C=O) groups excluding carboxylic acids is 2. The maximum absolute atomic E-state index is 12.9. The molecule has 42 heavy (non-hydrogen) atoms. The topological polar surface area (TPSA) is 173 Å². The predicted molar refractivity (Wildman–Crippen MR) is 153 cm³/mol. The van der Waals surface area contributed by atoms with Crippen LogP contribution in [-0.4, -0.2) is 110 Å². The molecule has 1 aromatic carbocycles. The van der Waals surface area contributed by atoms with E-state index in [1.165, 1.54) is 37.1 Å². The van der Waals surface area contributed by atoms with Crippen LogP contribution in [0.3, 0.4) is 0 Å². The van der Waals surface area contributed by atoms with E-state index in [1.54, 1.807) is 18.2 Å². The minimum Gasteiger partial charge on any atom is -0.483 e. The largest absolute Gasteiger partial charge is 0.483 e. The third-order valence-electron chi connectivity index (χ3n) is 8.01. The van der Waals surface area contributed by atoms with E-state index in [-0.39, 0.29) is 19.1 Å². The van der Waals surface area contributed by atoms with E-state index in [0.29, 0.717) is 46.9 Å². The maximum Gasteiger partial charge on any atom is 0.260 e. The number of hydrogen-bond donors (Lipinski definition) is 4. The highest BCUT2D eigenvalue weighted by molar-refractivity contribution is 6.30. The Morgan fingerprint density at radius 1 is 1.19 bits per heavy atom. The molecule has 3 fully saturated rings. The van der Waals surface area contributed by atoms with Gasteiger partial charge in [0.2, 0.25) is 0 Å². The van der Waals surface area contributed by atoms with Gasteiger partial charge in [-0.3, -0.25) is 19.1 Å². The van der Waals surface area contributed by atoms with Crippen molar-refractivity contribution >= 4 is 40.4 Å². The van der Waals surface area contributed by atoms with Crippen molar-refractivity contribution in [3.63, 3.8) is 0 Å². The number of aliphatic hydroxyl groups excluding tert-OH is 1. The van der Waals surface area contributed by atoms with Crippen molar-refractivity contribution < 1.29 is 24.2 Å². The molecule has 1 aliphatic carbocycles. The quantitative estimate of drug-likeness (QED) is 0.263. The molecule has 224 valence electrons. The normalized spacial score (nSPS) is 24.6. The third kappa shape index (κ3) is 5.72. The zero-order valence-electron chi connectivity index (χ0n) is 23.1. The second-order valence-electron chi connectivity index (χ2n) is 10.7. The van der Waals surface area contributed by atoms with Crippen LogP contribution in [0.2, 0.25) is 5.02 Å². The number of aromatic nitrogens is 4. The molecule has 5 N–H and O–H groups in total. The number of nitrogens with zero attached hydrogens (tertiary/aromatic N) is 6. The average Bonchev–Trinajstić information content (AvgIpc) is 3.71. The van der Waals surface area contributed by atoms with Gasteiger partial charge in [0.25, 0.3) is 11.8 Å². The summed E-state index contributed by atoms with van der Waals surface area (Å²) in [4.78, 5) is 42.4. The van der Waals surface area contributed by atoms with Crippen LogP contribution in [0.25, 0.3) is 11.2 Å².